The van der Waals surface area contributed by atoms with Gasteiger partial charge in [0, 0.05) is 5.41 Å². The summed E-state index contributed by atoms with van der Waals surface area (Å²) < 4.78 is 24.2. The van der Waals surface area contributed by atoms with Crippen LogP contribution < -0.4 is 0 Å². The first kappa shape index (κ1) is 14.1. The standard InChI is InChI=1S/C13H9Cl2NO2S/c14-11-5-1-2-6-12(11)19(17,18)9-8-10-4-3-7-13(15)16-10/h1-9H/b9-8+. The van der Waals surface area contributed by atoms with Crippen LogP contribution in [0.3, 0.4) is 0 Å². The van der Waals surface area contributed by atoms with Crippen molar-refractivity contribution in [2.24, 2.45) is 0 Å². The molecule has 0 aliphatic heterocycles. The molecule has 0 amide bonds. The van der Waals surface area contributed by atoms with Gasteiger partial charge in [0.15, 0.2) is 0 Å². The molecule has 3 nitrogen and oxygen atoms in total. The molecule has 98 valence electrons. The highest BCUT2D eigenvalue weighted by Gasteiger charge is 2.13. The Balaban J connectivity index is 2.35. The average Bonchev–Trinajstić information content (AvgIpc) is 2.37. The predicted octanol–water partition coefficient (Wildman–Crippen LogP) is 3.83. The van der Waals surface area contributed by atoms with Gasteiger partial charge in [-0.25, -0.2) is 13.4 Å². The lowest BCUT2D eigenvalue weighted by atomic mass is 10.3. The third-order valence-electron chi connectivity index (χ3n) is 2.30. The van der Waals surface area contributed by atoms with Crippen molar-refractivity contribution in [1.29, 1.82) is 0 Å². The molecule has 0 saturated carbocycles. The summed E-state index contributed by atoms with van der Waals surface area (Å²) in [5.41, 5.74) is 0.461. The third kappa shape index (κ3) is 3.56. The quantitative estimate of drug-likeness (QED) is 0.809. The molecule has 0 saturated heterocycles. The highest BCUT2D eigenvalue weighted by Crippen LogP contribution is 2.22. The number of nitrogens with zero attached hydrogens (tertiary/aromatic N) is 1. The van der Waals surface area contributed by atoms with E-state index in [2.05, 4.69) is 4.98 Å². The summed E-state index contributed by atoms with van der Waals surface area (Å²) in [6.45, 7) is 0. The molecule has 6 heteroatoms. The second kappa shape index (κ2) is 5.74. The molecule has 0 radical (unpaired) electrons. The van der Waals surface area contributed by atoms with Crippen LogP contribution in [0.2, 0.25) is 10.2 Å². The molecule has 0 aliphatic carbocycles. The van der Waals surface area contributed by atoms with Gasteiger partial charge >= 0.3 is 0 Å². The molecule has 0 bridgehead atoms. The fourth-order valence-electron chi connectivity index (χ4n) is 1.42. The maximum Gasteiger partial charge on any atom is 0.201 e. The number of hydrogen-bond donors (Lipinski definition) is 0. The Morgan fingerprint density at radius 3 is 2.42 bits per heavy atom. The van der Waals surface area contributed by atoms with Gasteiger partial charge in [-0.15, -0.1) is 0 Å². The van der Waals surface area contributed by atoms with E-state index < -0.39 is 9.84 Å². The van der Waals surface area contributed by atoms with E-state index in [0.717, 1.165) is 5.41 Å². The fraction of sp³-hybridized carbons (Fsp3) is 0. The zero-order valence-corrected chi connectivity index (χ0v) is 12.0. The van der Waals surface area contributed by atoms with Crippen LogP contribution in [0.15, 0.2) is 52.8 Å². The van der Waals surface area contributed by atoms with Gasteiger partial charge in [-0.2, -0.15) is 0 Å². The molecule has 0 N–H and O–H groups in total. The Morgan fingerprint density at radius 1 is 1.00 bits per heavy atom. The first-order chi connectivity index (χ1) is 8.99. The molecule has 0 fully saturated rings. The van der Waals surface area contributed by atoms with Crippen molar-refractivity contribution >= 4 is 39.1 Å². The minimum Gasteiger partial charge on any atom is -0.237 e. The zero-order valence-electron chi connectivity index (χ0n) is 9.62. The predicted molar refractivity (Wildman–Crippen MR) is 76.9 cm³/mol. The molecule has 2 aromatic rings. The highest BCUT2D eigenvalue weighted by atomic mass is 35.5. The van der Waals surface area contributed by atoms with Gasteiger partial charge in [0.05, 0.1) is 15.6 Å². The lowest BCUT2D eigenvalue weighted by molar-refractivity contribution is 0.605. The summed E-state index contributed by atoms with van der Waals surface area (Å²) >= 11 is 11.6. The van der Waals surface area contributed by atoms with E-state index in [4.69, 9.17) is 23.2 Å². The molecular weight excluding hydrogens is 305 g/mol. The maximum absolute atomic E-state index is 12.1. The van der Waals surface area contributed by atoms with Gasteiger partial charge in [0.1, 0.15) is 5.15 Å². The summed E-state index contributed by atoms with van der Waals surface area (Å²) in [4.78, 5) is 4.04. The van der Waals surface area contributed by atoms with Crippen molar-refractivity contribution in [3.8, 4) is 0 Å². The minimum atomic E-state index is -3.60. The molecule has 0 atom stereocenters. The molecule has 0 spiro atoms. The van der Waals surface area contributed by atoms with Crippen LogP contribution in [0.4, 0.5) is 0 Å². The number of benzene rings is 1. The van der Waals surface area contributed by atoms with E-state index >= 15 is 0 Å². The Kier molecular flexibility index (Phi) is 4.24. The third-order valence-corrected chi connectivity index (χ3v) is 4.41. The van der Waals surface area contributed by atoms with Crippen molar-refractivity contribution < 1.29 is 8.42 Å². The second-order valence-corrected chi connectivity index (χ2v) is 6.26. The van der Waals surface area contributed by atoms with Crippen LogP contribution in [0.1, 0.15) is 5.69 Å². The largest absolute Gasteiger partial charge is 0.237 e. The topological polar surface area (TPSA) is 47.0 Å². The van der Waals surface area contributed by atoms with E-state index in [1.54, 1.807) is 30.3 Å². The molecular formula is C13H9Cl2NO2S. The Bertz CT molecular complexity index is 727. The van der Waals surface area contributed by atoms with Crippen molar-refractivity contribution in [2.45, 2.75) is 4.90 Å². The van der Waals surface area contributed by atoms with Crippen LogP contribution in [-0.2, 0) is 9.84 Å². The van der Waals surface area contributed by atoms with Crippen molar-refractivity contribution in [1.82, 2.24) is 4.98 Å². The van der Waals surface area contributed by atoms with Crippen LogP contribution in [0.5, 0.6) is 0 Å². The van der Waals surface area contributed by atoms with Crippen molar-refractivity contribution in [3.05, 3.63) is 63.7 Å². The van der Waals surface area contributed by atoms with E-state index in [1.807, 2.05) is 0 Å². The number of sulfone groups is 1. The molecule has 0 unspecified atom stereocenters. The van der Waals surface area contributed by atoms with Crippen LogP contribution in [-0.4, -0.2) is 13.4 Å². The minimum absolute atomic E-state index is 0.0648. The molecule has 0 aliphatic rings. The lowest BCUT2D eigenvalue weighted by Crippen LogP contribution is -1.97. The number of pyridine rings is 1. The number of halogens is 2. The van der Waals surface area contributed by atoms with E-state index in [1.165, 1.54) is 18.2 Å². The highest BCUT2D eigenvalue weighted by molar-refractivity contribution is 7.94. The summed E-state index contributed by atoms with van der Waals surface area (Å²) in [5.74, 6) is 0. The van der Waals surface area contributed by atoms with Gasteiger partial charge in [-0.3, -0.25) is 0 Å². The monoisotopic (exact) mass is 313 g/mol. The van der Waals surface area contributed by atoms with Gasteiger partial charge in [-0.05, 0) is 30.3 Å². The van der Waals surface area contributed by atoms with Crippen LogP contribution >= 0.6 is 23.2 Å². The molecule has 19 heavy (non-hydrogen) atoms. The first-order valence-electron chi connectivity index (χ1n) is 5.29. The van der Waals surface area contributed by atoms with Gasteiger partial charge in [0.2, 0.25) is 9.84 Å². The number of hydrogen-bond acceptors (Lipinski definition) is 3. The lowest BCUT2D eigenvalue weighted by Gasteiger charge is -2.01. The van der Waals surface area contributed by atoms with Gasteiger partial charge in [0.25, 0.3) is 0 Å². The average molecular weight is 314 g/mol. The zero-order chi connectivity index (χ0) is 13.9. The normalized spacial score (nSPS) is 11.9. The molecule has 1 aromatic heterocycles. The molecule has 1 heterocycles. The SMILES string of the molecule is O=S(=O)(/C=C/c1cccc(Cl)n1)c1ccccc1Cl. The maximum atomic E-state index is 12.1. The summed E-state index contributed by atoms with van der Waals surface area (Å²) in [7, 11) is -3.60. The second-order valence-electron chi connectivity index (χ2n) is 3.66. The smallest absolute Gasteiger partial charge is 0.201 e. The molecule has 1 aromatic carbocycles. The van der Waals surface area contributed by atoms with Crippen LogP contribution in [0, 0.1) is 0 Å². The Hall–Kier alpha value is -1.36. The van der Waals surface area contributed by atoms with E-state index in [-0.39, 0.29) is 9.92 Å². The Morgan fingerprint density at radius 2 is 1.74 bits per heavy atom. The van der Waals surface area contributed by atoms with Gasteiger partial charge in [-0.1, -0.05) is 41.4 Å². The fourth-order valence-corrected chi connectivity index (χ4v) is 3.13. The number of aromatic nitrogens is 1. The van der Waals surface area contributed by atoms with Crippen molar-refractivity contribution in [3.63, 3.8) is 0 Å². The Labute approximate surface area is 121 Å². The van der Waals surface area contributed by atoms with Gasteiger partial charge < -0.3 is 0 Å². The molecule has 2 rings (SSSR count). The van der Waals surface area contributed by atoms with Crippen LogP contribution in [0.25, 0.3) is 6.08 Å². The van der Waals surface area contributed by atoms with E-state index in [9.17, 15) is 8.42 Å². The van der Waals surface area contributed by atoms with E-state index in [0.29, 0.717) is 10.8 Å². The number of rotatable bonds is 3. The summed E-state index contributed by atoms with van der Waals surface area (Å²) in [5, 5.41) is 1.55. The summed E-state index contributed by atoms with van der Waals surface area (Å²) in [6.07, 6.45) is 1.38. The summed E-state index contributed by atoms with van der Waals surface area (Å²) in [6, 6.07) is 11.2. The van der Waals surface area contributed by atoms with Crippen molar-refractivity contribution in [2.75, 3.05) is 0 Å². The first-order valence-corrected chi connectivity index (χ1v) is 7.59.